The van der Waals surface area contributed by atoms with Crippen molar-refractivity contribution in [2.45, 2.75) is 58.8 Å². The van der Waals surface area contributed by atoms with Gasteiger partial charge in [0.2, 0.25) is 0 Å². The summed E-state index contributed by atoms with van der Waals surface area (Å²) in [5, 5.41) is 0. The van der Waals surface area contributed by atoms with E-state index in [-0.39, 0.29) is 0 Å². The first kappa shape index (κ1) is 16.3. The lowest BCUT2D eigenvalue weighted by Gasteiger charge is -2.18. The zero-order chi connectivity index (χ0) is 16.1. The van der Waals surface area contributed by atoms with Crippen LogP contribution in [0.25, 0.3) is 11.1 Å². The number of fused-ring (bicyclic) bond motifs is 1. The lowest BCUT2D eigenvalue weighted by molar-refractivity contribution is 0.339. The molecule has 0 saturated heterocycles. The first-order valence-corrected chi connectivity index (χ1v) is 9.36. The largest absolute Gasteiger partial charge is 0.0654 e. The highest BCUT2D eigenvalue weighted by Gasteiger charge is 2.26. The van der Waals surface area contributed by atoms with E-state index in [1.165, 1.54) is 56.1 Å². The predicted molar refractivity (Wildman–Crippen MR) is 99.5 cm³/mol. The summed E-state index contributed by atoms with van der Waals surface area (Å²) in [6.07, 6.45) is 9.51. The third-order valence-electron chi connectivity index (χ3n) is 5.53. The average Bonchev–Trinajstić information content (AvgIpc) is 3.02. The molecule has 0 heterocycles. The molecule has 0 bridgehead atoms. The van der Waals surface area contributed by atoms with Crippen molar-refractivity contribution in [3.8, 4) is 11.1 Å². The van der Waals surface area contributed by atoms with Crippen molar-refractivity contribution in [3.05, 3.63) is 59.7 Å². The molecule has 23 heavy (non-hydrogen) atoms. The Labute approximate surface area is 141 Å². The van der Waals surface area contributed by atoms with E-state index in [0.717, 1.165) is 11.8 Å². The van der Waals surface area contributed by atoms with Crippen LogP contribution in [0, 0.1) is 17.9 Å². The maximum absolute atomic E-state index is 3.19. The molecule has 1 aliphatic rings. The van der Waals surface area contributed by atoms with Gasteiger partial charge < -0.3 is 0 Å². The zero-order valence-corrected chi connectivity index (χ0v) is 14.6. The van der Waals surface area contributed by atoms with Gasteiger partial charge in [0, 0.05) is 0 Å². The van der Waals surface area contributed by atoms with Crippen molar-refractivity contribution in [1.82, 2.24) is 0 Å². The van der Waals surface area contributed by atoms with Crippen molar-refractivity contribution >= 4 is 0 Å². The molecule has 0 heteroatoms. The molecule has 0 aromatic heterocycles. The van der Waals surface area contributed by atoms with Crippen LogP contribution in [0.5, 0.6) is 0 Å². The van der Waals surface area contributed by atoms with E-state index < -0.39 is 0 Å². The van der Waals surface area contributed by atoms with Gasteiger partial charge in [-0.1, -0.05) is 82.3 Å². The third-order valence-corrected chi connectivity index (χ3v) is 5.53. The van der Waals surface area contributed by atoms with Gasteiger partial charge in [-0.2, -0.15) is 0 Å². The van der Waals surface area contributed by atoms with Crippen molar-refractivity contribution in [3.63, 3.8) is 0 Å². The van der Waals surface area contributed by atoms with Gasteiger partial charge >= 0.3 is 0 Å². The number of rotatable bonds is 7. The Morgan fingerprint density at radius 1 is 1.04 bits per heavy atom. The number of benzene rings is 2. The second kappa shape index (κ2) is 7.81. The van der Waals surface area contributed by atoms with Crippen LogP contribution in [0.2, 0.25) is 0 Å². The van der Waals surface area contributed by atoms with Crippen LogP contribution < -0.4 is 0 Å². The monoisotopic (exact) mass is 305 g/mol. The van der Waals surface area contributed by atoms with E-state index in [9.17, 15) is 0 Å². The van der Waals surface area contributed by atoms with E-state index in [2.05, 4.69) is 56.3 Å². The summed E-state index contributed by atoms with van der Waals surface area (Å²) < 4.78 is 0. The van der Waals surface area contributed by atoms with Crippen LogP contribution >= 0.6 is 0 Å². The summed E-state index contributed by atoms with van der Waals surface area (Å²) in [4.78, 5) is 0. The van der Waals surface area contributed by atoms with E-state index >= 15 is 0 Å². The minimum atomic E-state index is 0.851. The van der Waals surface area contributed by atoms with Gasteiger partial charge in [-0.15, -0.1) is 0 Å². The van der Waals surface area contributed by atoms with Gasteiger partial charge in [0.1, 0.15) is 0 Å². The van der Waals surface area contributed by atoms with Gasteiger partial charge in [-0.3, -0.25) is 0 Å². The molecule has 121 valence electrons. The zero-order valence-electron chi connectivity index (χ0n) is 14.6. The van der Waals surface area contributed by atoms with Crippen LogP contribution in [-0.4, -0.2) is 0 Å². The fourth-order valence-corrected chi connectivity index (χ4v) is 3.94. The molecule has 2 atom stereocenters. The van der Waals surface area contributed by atoms with E-state index in [0.29, 0.717) is 0 Å². The molecule has 0 N–H and O–H groups in total. The maximum Gasteiger partial charge on any atom is -0.0178 e. The Bertz CT molecular complexity index is 611. The van der Waals surface area contributed by atoms with Crippen LogP contribution in [-0.2, 0) is 12.8 Å². The molecular weight excluding hydrogens is 276 g/mol. The van der Waals surface area contributed by atoms with Gasteiger partial charge in [0.15, 0.2) is 0 Å². The fraction of sp³-hybridized carbons (Fsp3) is 0.478. The first-order chi connectivity index (χ1) is 11.3. The molecule has 0 spiro atoms. The van der Waals surface area contributed by atoms with E-state index in [1.54, 1.807) is 11.1 Å². The summed E-state index contributed by atoms with van der Waals surface area (Å²) in [5.41, 5.74) is 5.79. The highest BCUT2D eigenvalue weighted by Crippen LogP contribution is 2.35. The average molecular weight is 305 g/mol. The van der Waals surface area contributed by atoms with Crippen molar-refractivity contribution in [2.75, 3.05) is 0 Å². The van der Waals surface area contributed by atoms with Gasteiger partial charge in [0.25, 0.3) is 0 Å². The molecule has 0 nitrogen and oxygen atoms in total. The molecule has 0 aliphatic heterocycles. The lowest BCUT2D eigenvalue weighted by Crippen LogP contribution is -2.11. The first-order valence-electron chi connectivity index (χ1n) is 9.36. The summed E-state index contributed by atoms with van der Waals surface area (Å²) in [6, 6.07) is 18.6. The fourth-order valence-electron chi connectivity index (χ4n) is 3.94. The summed E-state index contributed by atoms with van der Waals surface area (Å²) in [5.74, 6) is 1.71. The SMILES string of the molecule is CCCCCCC(C)C1Cc2ccc(-c3c[c]ccc3)cc2C1. The topological polar surface area (TPSA) is 0 Å². The number of hydrogen-bond donors (Lipinski definition) is 0. The van der Waals surface area contributed by atoms with Crippen LogP contribution in [0.3, 0.4) is 0 Å². The van der Waals surface area contributed by atoms with E-state index in [1.807, 2.05) is 6.07 Å². The Balaban J connectivity index is 1.62. The Morgan fingerprint density at radius 2 is 1.91 bits per heavy atom. The van der Waals surface area contributed by atoms with Crippen molar-refractivity contribution in [2.24, 2.45) is 11.8 Å². The number of unbranched alkanes of at least 4 members (excludes halogenated alkanes) is 3. The van der Waals surface area contributed by atoms with Gasteiger partial charge in [0.05, 0.1) is 0 Å². The molecule has 0 amide bonds. The Kier molecular flexibility index (Phi) is 5.54. The lowest BCUT2D eigenvalue weighted by atomic mass is 9.87. The molecule has 1 radical (unpaired) electrons. The van der Waals surface area contributed by atoms with Crippen LogP contribution in [0.1, 0.15) is 57.1 Å². The standard InChI is InChI=1S/C23H29/c1-3-4-5-7-10-18(2)22-15-21-14-13-20(16-23(21)17-22)19-11-8-6-9-12-19/h6,8,11-14,16,18,22H,3-5,7,10,15,17H2,1-2H3. The highest BCUT2D eigenvalue weighted by atomic mass is 14.3. The molecule has 2 unspecified atom stereocenters. The maximum atomic E-state index is 3.19. The summed E-state index contributed by atoms with van der Waals surface area (Å²) in [7, 11) is 0. The molecule has 1 aliphatic carbocycles. The third kappa shape index (κ3) is 4.05. The predicted octanol–water partition coefficient (Wildman–Crippen LogP) is 6.48. The Hall–Kier alpha value is -1.56. The minimum absolute atomic E-state index is 0.851. The highest BCUT2D eigenvalue weighted by molar-refractivity contribution is 5.65. The van der Waals surface area contributed by atoms with Crippen molar-refractivity contribution < 1.29 is 0 Å². The second-order valence-corrected chi connectivity index (χ2v) is 7.27. The molecule has 2 aromatic rings. The Morgan fingerprint density at radius 3 is 2.70 bits per heavy atom. The van der Waals surface area contributed by atoms with Crippen LogP contribution in [0.4, 0.5) is 0 Å². The summed E-state index contributed by atoms with van der Waals surface area (Å²) in [6.45, 7) is 4.76. The van der Waals surface area contributed by atoms with Gasteiger partial charge in [-0.25, -0.2) is 0 Å². The smallest absolute Gasteiger partial charge is 0.0178 e. The van der Waals surface area contributed by atoms with Gasteiger partial charge in [-0.05, 0) is 59.1 Å². The molecule has 2 aromatic carbocycles. The molecule has 3 rings (SSSR count). The minimum Gasteiger partial charge on any atom is -0.0654 e. The second-order valence-electron chi connectivity index (χ2n) is 7.27. The number of hydrogen-bond acceptors (Lipinski definition) is 0. The van der Waals surface area contributed by atoms with Crippen LogP contribution in [0.15, 0.2) is 42.5 Å². The normalized spacial score (nSPS) is 17.9. The summed E-state index contributed by atoms with van der Waals surface area (Å²) >= 11 is 0. The molecule has 0 saturated carbocycles. The molecule has 0 fully saturated rings. The molecular formula is C23H29. The van der Waals surface area contributed by atoms with Crippen molar-refractivity contribution in [1.29, 1.82) is 0 Å². The quantitative estimate of drug-likeness (QED) is 0.514. The van der Waals surface area contributed by atoms with E-state index in [4.69, 9.17) is 0 Å².